The van der Waals surface area contributed by atoms with E-state index < -0.39 is 5.97 Å². The molecular formula is C15H17NO5. The number of carboxylic acids is 1. The molecule has 1 aromatic carbocycles. The van der Waals surface area contributed by atoms with E-state index in [0.717, 1.165) is 11.3 Å². The zero-order valence-corrected chi connectivity index (χ0v) is 11.7. The summed E-state index contributed by atoms with van der Waals surface area (Å²) in [6.07, 6.45) is -0.0624. The van der Waals surface area contributed by atoms with Crippen molar-refractivity contribution in [1.29, 1.82) is 0 Å². The highest BCUT2D eigenvalue weighted by molar-refractivity contribution is 5.74. The molecule has 1 saturated carbocycles. The van der Waals surface area contributed by atoms with Crippen LogP contribution in [0, 0.1) is 11.8 Å². The third-order valence-corrected chi connectivity index (χ3v) is 4.08. The lowest BCUT2D eigenvalue weighted by atomic mass is 10.1. The van der Waals surface area contributed by atoms with Gasteiger partial charge in [0.25, 0.3) is 0 Å². The third-order valence-electron chi connectivity index (χ3n) is 4.08. The number of hydrogen-bond acceptors (Lipinski definition) is 4. The van der Waals surface area contributed by atoms with Crippen LogP contribution in [-0.4, -0.2) is 41.8 Å². The quantitative estimate of drug-likeness (QED) is 0.894. The number of nitrogens with zero attached hydrogens (tertiary/aromatic N) is 1. The number of carbonyl (C=O) groups excluding carboxylic acids is 1. The fourth-order valence-electron chi connectivity index (χ4n) is 2.75. The standard InChI is InChI=1S/C15H17NO5/c1-20-10-4-2-9(3-5-10)7-16-8-13(21-15(16)19)11-6-12(11)14(17)18/h2-5,11-13H,6-8H2,1H3,(H,17,18)/t11-,12-,13?/m1/s1. The molecule has 112 valence electrons. The Morgan fingerprint density at radius 3 is 2.71 bits per heavy atom. The van der Waals surface area contributed by atoms with Crippen LogP contribution in [0.2, 0.25) is 0 Å². The maximum absolute atomic E-state index is 11.9. The van der Waals surface area contributed by atoms with E-state index in [4.69, 9.17) is 14.6 Å². The minimum absolute atomic E-state index is 0.0349. The summed E-state index contributed by atoms with van der Waals surface area (Å²) in [5.74, 6) is -0.427. The number of aliphatic carboxylic acids is 1. The molecule has 6 heteroatoms. The van der Waals surface area contributed by atoms with Crippen LogP contribution >= 0.6 is 0 Å². The molecule has 1 heterocycles. The predicted molar refractivity (Wildman–Crippen MR) is 72.9 cm³/mol. The lowest BCUT2D eigenvalue weighted by molar-refractivity contribution is -0.139. The molecule has 0 bridgehead atoms. The van der Waals surface area contributed by atoms with Gasteiger partial charge >= 0.3 is 12.1 Å². The molecule has 1 aromatic rings. The van der Waals surface area contributed by atoms with Crippen LogP contribution in [0.4, 0.5) is 4.79 Å². The van der Waals surface area contributed by atoms with E-state index in [1.54, 1.807) is 12.0 Å². The highest BCUT2D eigenvalue weighted by Crippen LogP contribution is 2.44. The molecule has 3 rings (SSSR count). The Kier molecular flexibility index (Phi) is 3.45. The lowest BCUT2D eigenvalue weighted by Crippen LogP contribution is -2.25. The molecule has 2 fully saturated rings. The smallest absolute Gasteiger partial charge is 0.410 e. The van der Waals surface area contributed by atoms with Crippen molar-refractivity contribution in [2.75, 3.05) is 13.7 Å². The molecule has 1 saturated heterocycles. The first-order chi connectivity index (χ1) is 10.1. The van der Waals surface area contributed by atoms with E-state index in [9.17, 15) is 9.59 Å². The maximum atomic E-state index is 11.9. The first-order valence-corrected chi connectivity index (χ1v) is 6.90. The van der Waals surface area contributed by atoms with Crippen molar-refractivity contribution in [2.45, 2.75) is 19.1 Å². The molecule has 0 spiro atoms. The normalized spacial score (nSPS) is 27.4. The number of hydrogen-bond donors (Lipinski definition) is 1. The van der Waals surface area contributed by atoms with Gasteiger partial charge in [0.1, 0.15) is 11.9 Å². The Labute approximate surface area is 122 Å². The fraction of sp³-hybridized carbons (Fsp3) is 0.467. The van der Waals surface area contributed by atoms with Crippen LogP contribution in [0.1, 0.15) is 12.0 Å². The van der Waals surface area contributed by atoms with Gasteiger partial charge in [-0.05, 0) is 24.1 Å². The van der Waals surface area contributed by atoms with Crippen LogP contribution in [-0.2, 0) is 16.1 Å². The number of benzene rings is 1. The number of methoxy groups -OCH3 is 1. The van der Waals surface area contributed by atoms with E-state index in [1.165, 1.54) is 0 Å². The highest BCUT2D eigenvalue weighted by Gasteiger charge is 2.52. The molecule has 21 heavy (non-hydrogen) atoms. The van der Waals surface area contributed by atoms with E-state index in [2.05, 4.69) is 0 Å². The molecule has 6 nitrogen and oxygen atoms in total. The van der Waals surface area contributed by atoms with E-state index in [-0.39, 0.29) is 24.0 Å². The molecule has 2 aliphatic rings. The van der Waals surface area contributed by atoms with Crippen LogP contribution < -0.4 is 4.74 Å². The molecule has 1 amide bonds. The molecule has 3 atom stereocenters. The number of carboxylic acid groups (broad SMARTS) is 1. The van der Waals surface area contributed by atoms with E-state index in [0.29, 0.717) is 19.5 Å². The summed E-state index contributed by atoms with van der Waals surface area (Å²) in [6.45, 7) is 0.920. The largest absolute Gasteiger partial charge is 0.497 e. The summed E-state index contributed by atoms with van der Waals surface area (Å²) in [4.78, 5) is 24.3. The summed E-state index contributed by atoms with van der Waals surface area (Å²) in [5, 5.41) is 8.93. The molecule has 0 aromatic heterocycles. The Morgan fingerprint density at radius 2 is 2.14 bits per heavy atom. The monoisotopic (exact) mass is 291 g/mol. The zero-order chi connectivity index (χ0) is 15.0. The molecule has 1 aliphatic carbocycles. The molecule has 1 N–H and O–H groups in total. The summed E-state index contributed by atoms with van der Waals surface area (Å²) >= 11 is 0. The van der Waals surface area contributed by atoms with Gasteiger partial charge in [0, 0.05) is 12.5 Å². The fourth-order valence-corrected chi connectivity index (χ4v) is 2.75. The van der Waals surface area contributed by atoms with Gasteiger partial charge < -0.3 is 19.5 Å². The highest BCUT2D eigenvalue weighted by atomic mass is 16.6. The van der Waals surface area contributed by atoms with Crippen molar-refractivity contribution in [3.8, 4) is 5.75 Å². The molecule has 1 unspecified atom stereocenters. The van der Waals surface area contributed by atoms with Crippen molar-refractivity contribution in [3.05, 3.63) is 29.8 Å². The van der Waals surface area contributed by atoms with Gasteiger partial charge in [0.2, 0.25) is 0 Å². The minimum atomic E-state index is -0.801. The maximum Gasteiger partial charge on any atom is 0.410 e. The summed E-state index contributed by atoms with van der Waals surface area (Å²) in [7, 11) is 1.60. The number of rotatable bonds is 5. The first kappa shape index (κ1) is 13.7. The minimum Gasteiger partial charge on any atom is -0.497 e. The molecule has 0 radical (unpaired) electrons. The second-order valence-electron chi connectivity index (χ2n) is 5.50. The Hall–Kier alpha value is -2.24. The number of cyclic esters (lactones) is 1. The van der Waals surface area contributed by atoms with Gasteiger partial charge in [0.15, 0.2) is 0 Å². The van der Waals surface area contributed by atoms with Crippen molar-refractivity contribution in [2.24, 2.45) is 11.8 Å². The van der Waals surface area contributed by atoms with E-state index in [1.807, 2.05) is 24.3 Å². The van der Waals surface area contributed by atoms with Crippen molar-refractivity contribution in [3.63, 3.8) is 0 Å². The molecular weight excluding hydrogens is 274 g/mol. The van der Waals surface area contributed by atoms with E-state index >= 15 is 0 Å². The summed E-state index contributed by atoms with van der Waals surface area (Å²) in [6, 6.07) is 7.48. The zero-order valence-electron chi connectivity index (χ0n) is 11.7. The van der Waals surface area contributed by atoms with Gasteiger partial charge in [-0.15, -0.1) is 0 Å². The number of carbonyl (C=O) groups is 2. The van der Waals surface area contributed by atoms with Crippen LogP contribution in [0.3, 0.4) is 0 Å². The van der Waals surface area contributed by atoms with Gasteiger partial charge in [-0.25, -0.2) is 4.79 Å². The Bertz CT molecular complexity index is 556. The van der Waals surface area contributed by atoms with Gasteiger partial charge in [-0.2, -0.15) is 0 Å². The first-order valence-electron chi connectivity index (χ1n) is 6.90. The summed E-state index contributed by atoms with van der Waals surface area (Å²) in [5.41, 5.74) is 0.985. The van der Waals surface area contributed by atoms with Gasteiger partial charge in [0.05, 0.1) is 19.6 Å². The number of ether oxygens (including phenoxy) is 2. The topological polar surface area (TPSA) is 76.1 Å². The lowest BCUT2D eigenvalue weighted by Gasteiger charge is -2.13. The van der Waals surface area contributed by atoms with Gasteiger partial charge in [-0.1, -0.05) is 12.1 Å². The third kappa shape index (κ3) is 2.79. The summed E-state index contributed by atoms with van der Waals surface area (Å²) < 4.78 is 10.4. The van der Waals surface area contributed by atoms with Crippen LogP contribution in [0.25, 0.3) is 0 Å². The molecule has 1 aliphatic heterocycles. The SMILES string of the molecule is COc1ccc(CN2CC([C@@H]3C[C@H]3C(=O)O)OC2=O)cc1. The van der Waals surface area contributed by atoms with Crippen LogP contribution in [0.5, 0.6) is 5.75 Å². The van der Waals surface area contributed by atoms with Crippen molar-refractivity contribution < 1.29 is 24.2 Å². The number of amides is 1. The van der Waals surface area contributed by atoms with Crippen molar-refractivity contribution >= 4 is 12.1 Å². The second kappa shape index (κ2) is 5.27. The van der Waals surface area contributed by atoms with Crippen molar-refractivity contribution in [1.82, 2.24) is 4.90 Å². The Balaban J connectivity index is 1.59. The average Bonchev–Trinajstić information content (AvgIpc) is 3.20. The van der Waals surface area contributed by atoms with Gasteiger partial charge in [-0.3, -0.25) is 4.79 Å². The second-order valence-corrected chi connectivity index (χ2v) is 5.50. The van der Waals surface area contributed by atoms with Crippen LogP contribution in [0.15, 0.2) is 24.3 Å². The Morgan fingerprint density at radius 1 is 1.43 bits per heavy atom. The average molecular weight is 291 g/mol. The predicted octanol–water partition coefficient (Wildman–Crippen LogP) is 1.74.